The number of hydrogen-bond acceptors (Lipinski definition) is 3. The average molecular weight is 541 g/mol. The van der Waals surface area contributed by atoms with E-state index >= 15 is 0 Å². The van der Waals surface area contributed by atoms with Gasteiger partial charge in [-0.15, -0.1) is 0 Å². The van der Waals surface area contributed by atoms with Crippen LogP contribution >= 0.6 is 27.5 Å². The fourth-order valence-electron chi connectivity index (χ4n) is 3.81. The van der Waals surface area contributed by atoms with E-state index in [1.54, 1.807) is 0 Å². The Kier molecular flexibility index (Phi) is 8.61. The second-order valence-electron chi connectivity index (χ2n) is 8.04. The smallest absolute Gasteiger partial charge is 0.251 e. The van der Waals surface area contributed by atoms with Crippen molar-refractivity contribution in [3.63, 3.8) is 0 Å². The maximum atomic E-state index is 12.3. The molecule has 7 heteroatoms. The fourth-order valence-corrected chi connectivity index (χ4v) is 4.20. The maximum absolute atomic E-state index is 12.3. The van der Waals surface area contributed by atoms with E-state index in [1.165, 1.54) is 0 Å². The molecule has 0 aliphatic heterocycles. The van der Waals surface area contributed by atoms with Crippen molar-refractivity contribution in [1.82, 2.24) is 14.9 Å². The number of carbonyl (C=O) groups excluding carboxylic acids is 1. The molecule has 0 bridgehead atoms. The van der Waals surface area contributed by atoms with Gasteiger partial charge in [0, 0.05) is 34.6 Å². The van der Waals surface area contributed by atoms with E-state index in [9.17, 15) is 4.79 Å². The predicted molar refractivity (Wildman–Crippen MR) is 141 cm³/mol. The van der Waals surface area contributed by atoms with Crippen LogP contribution in [0, 0.1) is 0 Å². The Hall–Kier alpha value is -2.83. The number of ether oxygens (including phenoxy) is 1. The van der Waals surface area contributed by atoms with Crippen molar-refractivity contribution in [2.24, 2.45) is 0 Å². The van der Waals surface area contributed by atoms with Crippen molar-refractivity contribution in [2.75, 3.05) is 13.2 Å². The largest absolute Gasteiger partial charge is 0.494 e. The summed E-state index contributed by atoms with van der Waals surface area (Å²) in [4.78, 5) is 17.2. The number of halogens is 2. The number of nitrogens with one attached hydrogen (secondary N) is 1. The lowest BCUT2D eigenvalue weighted by Crippen LogP contribution is -2.25. The third-order valence-corrected chi connectivity index (χ3v) is 6.34. The molecule has 0 aliphatic carbocycles. The number of benzene rings is 3. The predicted octanol–water partition coefficient (Wildman–Crippen LogP) is 6.67. The molecule has 1 heterocycles. The van der Waals surface area contributed by atoms with Crippen molar-refractivity contribution in [3.8, 4) is 5.75 Å². The summed E-state index contributed by atoms with van der Waals surface area (Å²) in [6.07, 6.45) is 3.56. The normalized spacial score (nSPS) is 11.0. The van der Waals surface area contributed by atoms with Gasteiger partial charge in [0.2, 0.25) is 0 Å². The summed E-state index contributed by atoms with van der Waals surface area (Å²) in [5.41, 5.74) is 2.82. The lowest BCUT2D eigenvalue weighted by atomic mass is 10.2. The van der Waals surface area contributed by atoms with Crippen LogP contribution < -0.4 is 10.1 Å². The van der Waals surface area contributed by atoms with Gasteiger partial charge < -0.3 is 14.6 Å². The van der Waals surface area contributed by atoms with Crippen molar-refractivity contribution in [3.05, 3.63) is 93.7 Å². The number of unbranched alkanes of at least 4 members (excludes halogenated alkanes) is 1. The van der Waals surface area contributed by atoms with Gasteiger partial charge in [-0.1, -0.05) is 39.7 Å². The molecule has 0 radical (unpaired) electrons. The molecule has 1 aromatic heterocycles. The van der Waals surface area contributed by atoms with E-state index in [2.05, 4.69) is 31.9 Å². The van der Waals surface area contributed by atoms with Crippen LogP contribution in [0.2, 0.25) is 5.02 Å². The van der Waals surface area contributed by atoms with Crippen LogP contribution in [-0.2, 0) is 13.0 Å². The molecule has 1 amide bonds. The molecule has 0 aliphatic rings. The molecule has 0 fully saturated rings. The van der Waals surface area contributed by atoms with E-state index in [0.29, 0.717) is 23.7 Å². The number of aryl methyl sites for hydroxylation is 2. The number of nitrogens with zero attached hydrogens (tertiary/aromatic N) is 2. The van der Waals surface area contributed by atoms with Crippen LogP contribution in [0.1, 0.15) is 35.4 Å². The lowest BCUT2D eigenvalue weighted by molar-refractivity contribution is 0.0953. The summed E-state index contributed by atoms with van der Waals surface area (Å²) in [7, 11) is 0. The van der Waals surface area contributed by atoms with Gasteiger partial charge in [-0.25, -0.2) is 4.98 Å². The molecule has 0 saturated heterocycles. The minimum Gasteiger partial charge on any atom is -0.494 e. The zero-order chi connectivity index (χ0) is 23.8. The minimum absolute atomic E-state index is 0.0540. The van der Waals surface area contributed by atoms with Crippen LogP contribution in [0.15, 0.2) is 77.3 Å². The quantitative estimate of drug-likeness (QED) is 0.216. The van der Waals surface area contributed by atoms with Gasteiger partial charge in [0.25, 0.3) is 5.91 Å². The van der Waals surface area contributed by atoms with Gasteiger partial charge in [0.1, 0.15) is 11.6 Å². The number of hydrogen-bond donors (Lipinski definition) is 1. The lowest BCUT2D eigenvalue weighted by Gasteiger charge is -2.11. The number of carbonyl (C=O) groups is 1. The van der Waals surface area contributed by atoms with Gasteiger partial charge in [-0.2, -0.15) is 0 Å². The molecule has 0 spiro atoms. The molecule has 4 rings (SSSR count). The molecule has 0 atom stereocenters. The summed E-state index contributed by atoms with van der Waals surface area (Å²) in [6, 6.07) is 23.1. The average Bonchev–Trinajstić information content (AvgIpc) is 3.20. The van der Waals surface area contributed by atoms with E-state index in [1.807, 2.05) is 66.7 Å². The summed E-state index contributed by atoms with van der Waals surface area (Å²) in [6.45, 7) is 2.14. The van der Waals surface area contributed by atoms with E-state index < -0.39 is 0 Å². The highest BCUT2D eigenvalue weighted by molar-refractivity contribution is 9.10. The monoisotopic (exact) mass is 539 g/mol. The SMILES string of the molecule is O=C(NCCCc1nc2ccccc2n1CCCCOc1ccc(Cl)cc1)c1ccc(Br)cc1. The highest BCUT2D eigenvalue weighted by atomic mass is 79.9. The molecule has 176 valence electrons. The Morgan fingerprint density at radius 1 is 0.971 bits per heavy atom. The van der Waals surface area contributed by atoms with Gasteiger partial charge in [0.15, 0.2) is 0 Å². The molecular formula is C27H27BrClN3O2. The Bertz CT molecular complexity index is 1220. The number of para-hydroxylation sites is 2. The van der Waals surface area contributed by atoms with Crippen LogP contribution in [0.3, 0.4) is 0 Å². The summed E-state index contributed by atoms with van der Waals surface area (Å²) in [5.74, 6) is 1.84. The van der Waals surface area contributed by atoms with Gasteiger partial charge in [0.05, 0.1) is 17.6 Å². The van der Waals surface area contributed by atoms with Gasteiger partial charge in [-0.3, -0.25) is 4.79 Å². The Morgan fingerprint density at radius 2 is 1.74 bits per heavy atom. The first-order valence-corrected chi connectivity index (χ1v) is 12.6. The molecule has 1 N–H and O–H groups in total. The Morgan fingerprint density at radius 3 is 2.53 bits per heavy atom. The second kappa shape index (κ2) is 12.0. The number of fused-ring (bicyclic) bond motifs is 1. The highest BCUT2D eigenvalue weighted by Gasteiger charge is 2.11. The number of amides is 1. The zero-order valence-corrected chi connectivity index (χ0v) is 21.2. The second-order valence-corrected chi connectivity index (χ2v) is 9.40. The van der Waals surface area contributed by atoms with Crippen molar-refractivity contribution >= 4 is 44.5 Å². The zero-order valence-electron chi connectivity index (χ0n) is 18.8. The van der Waals surface area contributed by atoms with Gasteiger partial charge >= 0.3 is 0 Å². The van der Waals surface area contributed by atoms with Crippen LogP contribution in [0.4, 0.5) is 0 Å². The first kappa shape index (κ1) is 24.3. The topological polar surface area (TPSA) is 56.2 Å². The molecule has 0 unspecified atom stereocenters. The van der Waals surface area contributed by atoms with Crippen molar-refractivity contribution in [2.45, 2.75) is 32.2 Å². The third kappa shape index (κ3) is 6.61. The number of aromatic nitrogens is 2. The summed E-state index contributed by atoms with van der Waals surface area (Å²) < 4.78 is 9.07. The number of rotatable bonds is 11. The summed E-state index contributed by atoms with van der Waals surface area (Å²) >= 11 is 9.32. The molecule has 4 aromatic rings. The van der Waals surface area contributed by atoms with Crippen LogP contribution in [-0.4, -0.2) is 28.6 Å². The highest BCUT2D eigenvalue weighted by Crippen LogP contribution is 2.19. The molecule has 34 heavy (non-hydrogen) atoms. The van der Waals surface area contributed by atoms with Crippen molar-refractivity contribution in [1.29, 1.82) is 0 Å². The van der Waals surface area contributed by atoms with Crippen molar-refractivity contribution < 1.29 is 9.53 Å². The fraction of sp³-hybridized carbons (Fsp3) is 0.259. The van der Waals surface area contributed by atoms with E-state index in [4.69, 9.17) is 21.3 Å². The standard InChI is InChI=1S/C27H27BrClN3O2/c28-21-11-9-20(10-12-21)27(33)30-17-5-8-26-31-24-6-1-2-7-25(24)32(26)18-3-4-19-34-23-15-13-22(29)14-16-23/h1-2,6-7,9-16H,3-5,8,17-19H2,(H,30,33). The minimum atomic E-state index is -0.0540. The van der Waals surface area contributed by atoms with E-state index in [0.717, 1.165) is 59.3 Å². The summed E-state index contributed by atoms with van der Waals surface area (Å²) in [5, 5.41) is 3.71. The Labute approximate surface area is 213 Å². The first-order chi connectivity index (χ1) is 16.6. The number of imidazole rings is 1. The molecule has 3 aromatic carbocycles. The molecule has 5 nitrogen and oxygen atoms in total. The molecular weight excluding hydrogens is 514 g/mol. The first-order valence-electron chi connectivity index (χ1n) is 11.5. The molecule has 0 saturated carbocycles. The Balaban J connectivity index is 1.28. The maximum Gasteiger partial charge on any atom is 0.251 e. The van der Waals surface area contributed by atoms with Crippen LogP contribution in [0.5, 0.6) is 5.75 Å². The van der Waals surface area contributed by atoms with Crippen LogP contribution in [0.25, 0.3) is 11.0 Å². The van der Waals surface area contributed by atoms with E-state index in [-0.39, 0.29) is 5.91 Å². The van der Waals surface area contributed by atoms with Gasteiger partial charge in [-0.05, 0) is 79.9 Å². The third-order valence-electron chi connectivity index (χ3n) is 5.56.